The van der Waals surface area contributed by atoms with Crippen molar-refractivity contribution in [3.63, 3.8) is 0 Å². The Labute approximate surface area is 187 Å². The van der Waals surface area contributed by atoms with E-state index in [1.807, 2.05) is 45.9 Å². The standard InChI is InChI=1S/C27H36N2O2/c1-19-9-8-10-23(14-19)18-29(22(4)27(31)28-25-11-6-5-7-12-25)26(30)17-24-15-20(2)13-21(3)16-24/h8-10,13-16,22,25H,5-7,11-12,17-18H2,1-4H3,(H,28,31)/t22-/m0/s1. The normalized spacial score (nSPS) is 15.4. The lowest BCUT2D eigenvalue weighted by molar-refractivity contribution is -0.140. The molecule has 4 nitrogen and oxygen atoms in total. The Morgan fingerprint density at radius 3 is 2.23 bits per heavy atom. The Balaban J connectivity index is 1.78. The molecule has 2 aromatic carbocycles. The van der Waals surface area contributed by atoms with Crippen LogP contribution in [0.5, 0.6) is 0 Å². The van der Waals surface area contributed by atoms with Gasteiger partial charge in [0, 0.05) is 12.6 Å². The smallest absolute Gasteiger partial charge is 0.242 e. The van der Waals surface area contributed by atoms with E-state index in [-0.39, 0.29) is 17.9 Å². The van der Waals surface area contributed by atoms with Crippen molar-refractivity contribution in [2.75, 3.05) is 0 Å². The molecule has 4 heteroatoms. The molecule has 0 aromatic heterocycles. The van der Waals surface area contributed by atoms with E-state index in [2.05, 4.69) is 29.6 Å². The molecule has 0 unspecified atom stereocenters. The maximum Gasteiger partial charge on any atom is 0.242 e. The van der Waals surface area contributed by atoms with Crippen LogP contribution in [0.2, 0.25) is 0 Å². The van der Waals surface area contributed by atoms with Gasteiger partial charge in [-0.25, -0.2) is 0 Å². The highest BCUT2D eigenvalue weighted by Crippen LogP contribution is 2.19. The summed E-state index contributed by atoms with van der Waals surface area (Å²) in [4.78, 5) is 28.2. The number of carbonyl (C=O) groups excluding carboxylic acids is 2. The van der Waals surface area contributed by atoms with Crippen LogP contribution in [0.25, 0.3) is 0 Å². The molecule has 0 saturated heterocycles. The van der Waals surface area contributed by atoms with E-state index >= 15 is 0 Å². The lowest BCUT2D eigenvalue weighted by Gasteiger charge is -2.31. The zero-order valence-corrected chi connectivity index (χ0v) is 19.4. The third-order valence-corrected chi connectivity index (χ3v) is 6.19. The van der Waals surface area contributed by atoms with E-state index in [4.69, 9.17) is 0 Å². The number of hydrogen-bond donors (Lipinski definition) is 1. The Bertz CT molecular complexity index is 895. The van der Waals surface area contributed by atoms with Gasteiger partial charge < -0.3 is 10.2 Å². The van der Waals surface area contributed by atoms with E-state index < -0.39 is 6.04 Å². The summed E-state index contributed by atoms with van der Waals surface area (Å²) in [6.07, 6.45) is 5.95. The van der Waals surface area contributed by atoms with Crippen molar-refractivity contribution in [1.82, 2.24) is 10.2 Å². The van der Waals surface area contributed by atoms with Crippen molar-refractivity contribution < 1.29 is 9.59 Å². The minimum Gasteiger partial charge on any atom is -0.352 e. The first-order valence-corrected chi connectivity index (χ1v) is 11.5. The van der Waals surface area contributed by atoms with Crippen molar-refractivity contribution in [2.45, 2.75) is 84.8 Å². The van der Waals surface area contributed by atoms with E-state index in [0.29, 0.717) is 13.0 Å². The largest absolute Gasteiger partial charge is 0.352 e. The first kappa shape index (κ1) is 23.1. The van der Waals surface area contributed by atoms with Crippen LogP contribution in [0.1, 0.15) is 66.8 Å². The van der Waals surface area contributed by atoms with Crippen molar-refractivity contribution in [3.05, 3.63) is 70.3 Å². The van der Waals surface area contributed by atoms with E-state index in [0.717, 1.165) is 53.5 Å². The Kier molecular flexibility index (Phi) is 7.89. The molecule has 1 fully saturated rings. The molecule has 1 N–H and O–H groups in total. The molecular weight excluding hydrogens is 384 g/mol. The maximum atomic E-state index is 13.4. The number of nitrogens with zero attached hydrogens (tertiary/aromatic N) is 1. The third kappa shape index (κ3) is 6.68. The van der Waals surface area contributed by atoms with Gasteiger partial charge in [-0.1, -0.05) is 78.4 Å². The predicted molar refractivity (Wildman–Crippen MR) is 126 cm³/mol. The first-order chi connectivity index (χ1) is 14.8. The topological polar surface area (TPSA) is 49.4 Å². The summed E-state index contributed by atoms with van der Waals surface area (Å²) in [5.74, 6) is -0.0638. The zero-order chi connectivity index (χ0) is 22.4. The molecular formula is C27H36N2O2. The van der Waals surface area contributed by atoms with Gasteiger partial charge in [-0.05, 0) is 51.7 Å². The fourth-order valence-electron chi connectivity index (χ4n) is 4.61. The molecule has 2 aromatic rings. The molecule has 0 radical (unpaired) electrons. The number of carbonyl (C=O) groups is 2. The van der Waals surface area contributed by atoms with E-state index in [9.17, 15) is 9.59 Å². The quantitative estimate of drug-likeness (QED) is 0.684. The molecule has 1 aliphatic rings. The van der Waals surface area contributed by atoms with Crippen LogP contribution in [0.15, 0.2) is 42.5 Å². The minimum atomic E-state index is -0.513. The number of nitrogens with one attached hydrogen (secondary N) is 1. The van der Waals surface area contributed by atoms with Gasteiger partial charge in [0.1, 0.15) is 6.04 Å². The summed E-state index contributed by atoms with van der Waals surface area (Å²) in [5.41, 5.74) is 5.49. The van der Waals surface area contributed by atoms with Gasteiger partial charge >= 0.3 is 0 Å². The van der Waals surface area contributed by atoms with Gasteiger partial charge in [0.15, 0.2) is 0 Å². The van der Waals surface area contributed by atoms with Crippen molar-refractivity contribution in [3.8, 4) is 0 Å². The van der Waals surface area contributed by atoms with Gasteiger partial charge in [0.25, 0.3) is 0 Å². The minimum absolute atomic E-state index is 0.0159. The highest BCUT2D eigenvalue weighted by Gasteiger charge is 2.28. The lowest BCUT2D eigenvalue weighted by atomic mass is 9.95. The van der Waals surface area contributed by atoms with Gasteiger partial charge in [-0.15, -0.1) is 0 Å². The second-order valence-corrected chi connectivity index (χ2v) is 9.20. The van der Waals surface area contributed by atoms with Crippen molar-refractivity contribution >= 4 is 11.8 Å². The first-order valence-electron chi connectivity index (χ1n) is 11.5. The number of aryl methyl sites for hydroxylation is 3. The molecule has 0 bridgehead atoms. The maximum absolute atomic E-state index is 13.4. The Morgan fingerprint density at radius 1 is 0.935 bits per heavy atom. The SMILES string of the molecule is Cc1cc(C)cc(CC(=O)N(Cc2cccc(C)c2)[C@@H](C)C(=O)NC2CCCCC2)c1. The monoisotopic (exact) mass is 420 g/mol. The summed E-state index contributed by atoms with van der Waals surface area (Å²) in [6.45, 7) is 8.43. The summed E-state index contributed by atoms with van der Waals surface area (Å²) >= 11 is 0. The molecule has 0 aliphatic heterocycles. The van der Waals surface area contributed by atoms with Gasteiger partial charge in [0.2, 0.25) is 11.8 Å². The molecule has 2 amide bonds. The Hall–Kier alpha value is -2.62. The molecule has 1 saturated carbocycles. The second-order valence-electron chi connectivity index (χ2n) is 9.20. The van der Waals surface area contributed by atoms with Crippen LogP contribution in [0.4, 0.5) is 0 Å². The predicted octanol–water partition coefficient (Wildman–Crippen LogP) is 5.02. The van der Waals surface area contributed by atoms with E-state index in [1.165, 1.54) is 6.42 Å². The van der Waals surface area contributed by atoms with Crippen LogP contribution in [-0.2, 0) is 22.6 Å². The highest BCUT2D eigenvalue weighted by atomic mass is 16.2. The molecule has 0 spiro atoms. The van der Waals surface area contributed by atoms with Crippen molar-refractivity contribution in [2.24, 2.45) is 0 Å². The van der Waals surface area contributed by atoms with Gasteiger partial charge in [-0.3, -0.25) is 9.59 Å². The fraction of sp³-hybridized carbons (Fsp3) is 0.481. The fourth-order valence-corrected chi connectivity index (χ4v) is 4.61. The average Bonchev–Trinajstić information content (AvgIpc) is 2.71. The number of rotatable bonds is 7. The van der Waals surface area contributed by atoms with Crippen LogP contribution in [0.3, 0.4) is 0 Å². The van der Waals surface area contributed by atoms with Crippen LogP contribution >= 0.6 is 0 Å². The third-order valence-electron chi connectivity index (χ3n) is 6.19. The molecule has 1 aliphatic carbocycles. The van der Waals surface area contributed by atoms with Gasteiger partial charge in [0.05, 0.1) is 6.42 Å². The Morgan fingerprint density at radius 2 is 1.58 bits per heavy atom. The summed E-state index contributed by atoms with van der Waals surface area (Å²) in [5, 5.41) is 3.20. The number of amides is 2. The molecule has 166 valence electrons. The highest BCUT2D eigenvalue weighted by molar-refractivity contribution is 5.88. The second kappa shape index (κ2) is 10.6. The lowest BCUT2D eigenvalue weighted by Crippen LogP contribution is -2.50. The van der Waals surface area contributed by atoms with Crippen LogP contribution in [0, 0.1) is 20.8 Å². The van der Waals surface area contributed by atoms with E-state index in [1.54, 1.807) is 4.90 Å². The summed E-state index contributed by atoms with van der Waals surface area (Å²) in [7, 11) is 0. The van der Waals surface area contributed by atoms with Crippen LogP contribution in [-0.4, -0.2) is 28.8 Å². The van der Waals surface area contributed by atoms with Crippen LogP contribution < -0.4 is 5.32 Å². The van der Waals surface area contributed by atoms with Gasteiger partial charge in [-0.2, -0.15) is 0 Å². The average molecular weight is 421 g/mol. The number of hydrogen-bond acceptors (Lipinski definition) is 2. The number of benzene rings is 2. The summed E-state index contributed by atoms with van der Waals surface area (Å²) in [6, 6.07) is 14.1. The van der Waals surface area contributed by atoms with Crippen molar-refractivity contribution in [1.29, 1.82) is 0 Å². The molecule has 1 atom stereocenters. The summed E-state index contributed by atoms with van der Waals surface area (Å²) < 4.78 is 0. The molecule has 0 heterocycles. The zero-order valence-electron chi connectivity index (χ0n) is 19.4. The molecule has 31 heavy (non-hydrogen) atoms. The molecule has 3 rings (SSSR count).